The fraction of sp³-hybridized carbons (Fsp3) is 0.286. The van der Waals surface area contributed by atoms with Crippen molar-refractivity contribution in [2.24, 2.45) is 5.92 Å². The van der Waals surface area contributed by atoms with E-state index in [1.54, 1.807) is 37.3 Å². The molecule has 2 aromatic rings. The summed E-state index contributed by atoms with van der Waals surface area (Å²) in [6, 6.07) is 8.70. The average Bonchev–Trinajstić information content (AvgIpc) is 3.10. The lowest BCUT2D eigenvalue weighted by Crippen LogP contribution is -2.28. The minimum Gasteiger partial charge on any atom is -0.455 e. The first-order valence-corrected chi connectivity index (χ1v) is 10.7. The van der Waals surface area contributed by atoms with E-state index < -0.39 is 24.4 Å². The van der Waals surface area contributed by atoms with Crippen LogP contribution in [-0.2, 0) is 19.1 Å². The summed E-state index contributed by atoms with van der Waals surface area (Å²) in [6.45, 7) is 3.32. The van der Waals surface area contributed by atoms with Crippen LogP contribution >= 0.6 is 39.1 Å². The van der Waals surface area contributed by atoms with Gasteiger partial charge in [-0.25, -0.2) is 0 Å². The molecule has 0 aliphatic carbocycles. The number of hydrogen-bond acceptors (Lipinski definition) is 4. The van der Waals surface area contributed by atoms with Gasteiger partial charge in [0.2, 0.25) is 5.91 Å². The van der Waals surface area contributed by atoms with Gasteiger partial charge in [-0.05, 0) is 65.2 Å². The summed E-state index contributed by atoms with van der Waals surface area (Å²) < 4.78 is 5.86. The molecule has 2 amide bonds. The van der Waals surface area contributed by atoms with Crippen molar-refractivity contribution in [3.05, 3.63) is 56.0 Å². The van der Waals surface area contributed by atoms with Gasteiger partial charge in [-0.2, -0.15) is 0 Å². The molecular formula is C21H19BrCl2N2O4. The quantitative estimate of drug-likeness (QED) is 0.576. The monoisotopic (exact) mass is 512 g/mol. The molecule has 0 spiro atoms. The van der Waals surface area contributed by atoms with E-state index in [0.717, 1.165) is 10.0 Å². The molecule has 0 unspecified atom stereocenters. The molecule has 1 heterocycles. The van der Waals surface area contributed by atoms with Gasteiger partial charge in [-0.1, -0.05) is 29.3 Å². The highest BCUT2D eigenvalue weighted by atomic mass is 79.9. The Morgan fingerprint density at radius 3 is 2.67 bits per heavy atom. The van der Waals surface area contributed by atoms with Crippen LogP contribution in [0.15, 0.2) is 34.8 Å². The van der Waals surface area contributed by atoms with Crippen molar-refractivity contribution in [1.82, 2.24) is 0 Å². The molecule has 1 aliphatic heterocycles. The van der Waals surface area contributed by atoms with Crippen LogP contribution in [0.2, 0.25) is 10.0 Å². The number of nitrogens with one attached hydrogen (secondary N) is 1. The van der Waals surface area contributed by atoms with Crippen LogP contribution in [0.3, 0.4) is 0 Å². The zero-order valence-electron chi connectivity index (χ0n) is 16.3. The molecule has 1 fully saturated rings. The molecular weight excluding hydrogens is 495 g/mol. The third-order valence-corrected chi connectivity index (χ3v) is 6.73. The molecule has 0 saturated carbocycles. The molecule has 1 N–H and O–H groups in total. The maximum Gasteiger partial charge on any atom is 0.311 e. The minimum atomic E-state index is -0.646. The van der Waals surface area contributed by atoms with Gasteiger partial charge in [0.1, 0.15) is 0 Å². The van der Waals surface area contributed by atoms with Crippen molar-refractivity contribution in [2.45, 2.75) is 20.3 Å². The number of hydrogen-bond donors (Lipinski definition) is 1. The predicted octanol–water partition coefficient (Wildman–Crippen LogP) is 4.91. The summed E-state index contributed by atoms with van der Waals surface area (Å²) in [5, 5.41) is 3.71. The Balaban J connectivity index is 1.58. The number of carbonyl (C=O) groups excluding carboxylic acids is 3. The van der Waals surface area contributed by atoms with Gasteiger partial charge in [-0.15, -0.1) is 0 Å². The fourth-order valence-electron chi connectivity index (χ4n) is 3.22. The Kier molecular flexibility index (Phi) is 7.06. The smallest absolute Gasteiger partial charge is 0.311 e. The van der Waals surface area contributed by atoms with E-state index >= 15 is 0 Å². The van der Waals surface area contributed by atoms with Gasteiger partial charge in [0, 0.05) is 33.8 Å². The normalized spacial score (nSPS) is 16.0. The Morgan fingerprint density at radius 1 is 1.20 bits per heavy atom. The molecule has 0 radical (unpaired) electrons. The van der Waals surface area contributed by atoms with Crippen molar-refractivity contribution >= 4 is 68.3 Å². The van der Waals surface area contributed by atoms with Crippen molar-refractivity contribution in [1.29, 1.82) is 0 Å². The van der Waals surface area contributed by atoms with Gasteiger partial charge in [-0.3, -0.25) is 14.4 Å². The van der Waals surface area contributed by atoms with E-state index in [4.69, 9.17) is 27.9 Å². The first-order chi connectivity index (χ1) is 14.2. The van der Waals surface area contributed by atoms with Crippen molar-refractivity contribution in [2.75, 3.05) is 23.4 Å². The largest absolute Gasteiger partial charge is 0.455 e. The summed E-state index contributed by atoms with van der Waals surface area (Å²) in [5.41, 5.74) is 2.66. The Bertz CT molecular complexity index is 1030. The molecule has 3 rings (SSSR count). The minimum absolute atomic E-state index is 0.0217. The lowest BCUT2D eigenvalue weighted by molar-refractivity contribution is -0.151. The van der Waals surface area contributed by atoms with Crippen LogP contribution in [0.25, 0.3) is 0 Å². The van der Waals surface area contributed by atoms with Crippen molar-refractivity contribution in [3.8, 4) is 0 Å². The fourth-order valence-corrected chi connectivity index (χ4v) is 3.98. The molecule has 2 aromatic carbocycles. The summed E-state index contributed by atoms with van der Waals surface area (Å²) in [7, 11) is 0. The topological polar surface area (TPSA) is 75.7 Å². The number of benzene rings is 2. The van der Waals surface area contributed by atoms with Crippen LogP contribution in [-0.4, -0.2) is 30.9 Å². The second-order valence-corrected chi connectivity index (χ2v) is 8.62. The molecule has 0 aromatic heterocycles. The van der Waals surface area contributed by atoms with E-state index in [1.165, 1.54) is 4.90 Å². The predicted molar refractivity (Wildman–Crippen MR) is 120 cm³/mol. The Labute approximate surface area is 192 Å². The summed E-state index contributed by atoms with van der Waals surface area (Å²) >= 11 is 15.6. The van der Waals surface area contributed by atoms with Crippen LogP contribution in [0.1, 0.15) is 17.5 Å². The maximum atomic E-state index is 12.4. The molecule has 1 aliphatic rings. The maximum absolute atomic E-state index is 12.4. The number of anilines is 2. The summed E-state index contributed by atoms with van der Waals surface area (Å²) in [6.07, 6.45) is 0.0217. The first kappa shape index (κ1) is 22.6. The second-order valence-electron chi connectivity index (χ2n) is 6.98. The van der Waals surface area contributed by atoms with Gasteiger partial charge >= 0.3 is 5.97 Å². The van der Waals surface area contributed by atoms with E-state index in [-0.39, 0.29) is 18.9 Å². The summed E-state index contributed by atoms with van der Waals surface area (Å²) in [5.74, 6) is -1.91. The lowest BCUT2D eigenvalue weighted by atomic mass is 10.1. The molecule has 158 valence electrons. The highest BCUT2D eigenvalue weighted by molar-refractivity contribution is 9.10. The summed E-state index contributed by atoms with van der Waals surface area (Å²) in [4.78, 5) is 38.5. The number of esters is 1. The molecule has 1 atom stereocenters. The third-order valence-electron chi connectivity index (χ3n) is 4.95. The van der Waals surface area contributed by atoms with Gasteiger partial charge in [0.15, 0.2) is 6.61 Å². The van der Waals surface area contributed by atoms with E-state index in [1.807, 2.05) is 6.92 Å². The van der Waals surface area contributed by atoms with Crippen LogP contribution in [0, 0.1) is 19.8 Å². The van der Waals surface area contributed by atoms with Crippen LogP contribution < -0.4 is 10.2 Å². The second kappa shape index (κ2) is 9.37. The van der Waals surface area contributed by atoms with Crippen molar-refractivity contribution in [3.63, 3.8) is 0 Å². The van der Waals surface area contributed by atoms with Crippen LogP contribution in [0.5, 0.6) is 0 Å². The third kappa shape index (κ3) is 4.79. The number of ether oxygens (including phenoxy) is 1. The average molecular weight is 514 g/mol. The van der Waals surface area contributed by atoms with E-state index in [9.17, 15) is 14.4 Å². The van der Waals surface area contributed by atoms with Crippen molar-refractivity contribution < 1.29 is 19.1 Å². The highest BCUT2D eigenvalue weighted by Crippen LogP contribution is 2.32. The lowest BCUT2D eigenvalue weighted by Gasteiger charge is -2.19. The van der Waals surface area contributed by atoms with Crippen LogP contribution in [0.4, 0.5) is 11.4 Å². The number of amides is 2. The standard InChI is InChI=1S/C21H19BrCl2N2O4/c1-11-15(23)4-3-5-17(11)26-9-13(8-19(26)28)21(29)30-10-18(27)25-16-7-6-14(22)20(24)12(16)2/h3-7,13H,8-10H2,1-2H3,(H,25,27)/t13-/m0/s1. The molecule has 9 heteroatoms. The zero-order chi connectivity index (χ0) is 22.0. The highest BCUT2D eigenvalue weighted by Gasteiger charge is 2.37. The SMILES string of the molecule is Cc1c(Cl)cccc1N1C[C@@H](C(=O)OCC(=O)Nc2ccc(Br)c(Cl)c2C)CC1=O. The Morgan fingerprint density at radius 2 is 1.93 bits per heavy atom. The van der Waals surface area contributed by atoms with Gasteiger partial charge < -0.3 is 15.0 Å². The number of rotatable bonds is 5. The number of nitrogens with zero attached hydrogens (tertiary/aromatic N) is 1. The molecule has 1 saturated heterocycles. The van der Waals surface area contributed by atoms with Gasteiger partial charge in [0.25, 0.3) is 5.91 Å². The number of carbonyl (C=O) groups is 3. The molecule has 0 bridgehead atoms. The van der Waals surface area contributed by atoms with E-state index in [2.05, 4.69) is 21.2 Å². The van der Waals surface area contributed by atoms with E-state index in [0.29, 0.717) is 27.0 Å². The molecule has 30 heavy (non-hydrogen) atoms. The molecule has 6 nitrogen and oxygen atoms in total. The Hall–Kier alpha value is -2.09. The number of halogens is 3. The van der Waals surface area contributed by atoms with Gasteiger partial charge in [0.05, 0.1) is 10.9 Å². The zero-order valence-corrected chi connectivity index (χ0v) is 19.4. The first-order valence-electron chi connectivity index (χ1n) is 9.15.